The molecule has 0 rings (SSSR count). The molecule has 4 heteroatoms. The molecular weight excluding hydrogens is 248 g/mol. The predicted molar refractivity (Wildman–Crippen MR) is 80.1 cm³/mol. The molecular formula is C10H22S4. The van der Waals surface area contributed by atoms with Crippen molar-refractivity contribution in [1.29, 1.82) is 0 Å². The van der Waals surface area contributed by atoms with Crippen molar-refractivity contribution in [2.24, 2.45) is 0 Å². The van der Waals surface area contributed by atoms with Crippen LogP contribution in [-0.4, -0.2) is 32.2 Å². The van der Waals surface area contributed by atoms with E-state index >= 15 is 0 Å². The van der Waals surface area contributed by atoms with Crippen LogP contribution in [0.4, 0.5) is 0 Å². The van der Waals surface area contributed by atoms with Crippen LogP contribution in [0.2, 0.25) is 0 Å². The molecule has 0 unspecified atom stereocenters. The first-order valence-corrected chi connectivity index (χ1v) is 9.35. The van der Waals surface area contributed by atoms with E-state index in [1.165, 1.54) is 28.8 Å². The fraction of sp³-hybridized carbons (Fsp3) is 1.00. The number of thioether (sulfide) groups is 4. The van der Waals surface area contributed by atoms with Gasteiger partial charge in [0.2, 0.25) is 0 Å². The molecule has 0 aliphatic rings. The first-order chi connectivity index (χ1) is 6.74. The number of rotatable bonds is 9. The largest absolute Gasteiger partial charge is 0.159 e. The van der Waals surface area contributed by atoms with Crippen molar-refractivity contribution in [3.8, 4) is 0 Å². The molecule has 0 saturated heterocycles. The summed E-state index contributed by atoms with van der Waals surface area (Å²) in [5.74, 6) is 6.19. The molecule has 0 spiro atoms. The zero-order valence-corrected chi connectivity index (χ0v) is 12.9. The number of hydrogen-bond acceptors (Lipinski definition) is 4. The van der Waals surface area contributed by atoms with Gasteiger partial charge in [-0.2, -0.15) is 11.8 Å². The first kappa shape index (κ1) is 15.4. The van der Waals surface area contributed by atoms with E-state index in [0.717, 1.165) is 0 Å². The van der Waals surface area contributed by atoms with Crippen LogP contribution < -0.4 is 0 Å². The molecule has 0 saturated carbocycles. The molecule has 0 aromatic rings. The van der Waals surface area contributed by atoms with Gasteiger partial charge in [-0.25, -0.2) is 0 Å². The standard InChI is InChI=1S/C10H22S4/c1-5-11-9-10(12-6-2,13-7-3)14-8-4/h5-9H2,1-4H3. The Morgan fingerprint density at radius 2 is 1.14 bits per heavy atom. The zero-order valence-electron chi connectivity index (χ0n) is 9.67. The van der Waals surface area contributed by atoms with Gasteiger partial charge in [0.25, 0.3) is 0 Å². The molecule has 86 valence electrons. The van der Waals surface area contributed by atoms with Gasteiger partial charge in [-0.3, -0.25) is 0 Å². The van der Waals surface area contributed by atoms with E-state index in [4.69, 9.17) is 0 Å². The third-order valence-corrected chi connectivity index (χ3v) is 7.91. The second kappa shape index (κ2) is 9.61. The van der Waals surface area contributed by atoms with Crippen molar-refractivity contribution < 1.29 is 0 Å². The highest BCUT2D eigenvalue weighted by molar-refractivity contribution is 8.34. The Kier molecular flexibility index (Phi) is 10.6. The molecule has 0 N–H and O–H groups in total. The molecule has 0 radical (unpaired) electrons. The van der Waals surface area contributed by atoms with E-state index in [0.29, 0.717) is 3.41 Å². The third kappa shape index (κ3) is 6.09. The maximum atomic E-state index is 2.27. The molecule has 14 heavy (non-hydrogen) atoms. The van der Waals surface area contributed by atoms with Gasteiger partial charge in [0.1, 0.15) is 3.41 Å². The zero-order chi connectivity index (χ0) is 10.9. The highest BCUT2D eigenvalue weighted by Crippen LogP contribution is 2.48. The monoisotopic (exact) mass is 270 g/mol. The van der Waals surface area contributed by atoms with Gasteiger partial charge in [0.05, 0.1) is 0 Å². The van der Waals surface area contributed by atoms with E-state index in [2.05, 4.69) is 74.7 Å². The molecule has 0 aliphatic heterocycles. The summed E-state index contributed by atoms with van der Waals surface area (Å²) in [6.07, 6.45) is 0. The molecule has 0 aliphatic carbocycles. The number of hydrogen-bond donors (Lipinski definition) is 0. The van der Waals surface area contributed by atoms with Crippen molar-refractivity contribution in [3.63, 3.8) is 0 Å². The first-order valence-electron chi connectivity index (χ1n) is 5.24. The SMILES string of the molecule is CCSCC(SCC)(SCC)SCC. The van der Waals surface area contributed by atoms with E-state index in [1.54, 1.807) is 0 Å². The summed E-state index contributed by atoms with van der Waals surface area (Å²) in [5, 5.41) is 0. The highest BCUT2D eigenvalue weighted by Gasteiger charge is 2.29. The van der Waals surface area contributed by atoms with Crippen LogP contribution >= 0.6 is 47.0 Å². The maximum absolute atomic E-state index is 2.27. The summed E-state index contributed by atoms with van der Waals surface area (Å²) in [5.41, 5.74) is 0. The average molecular weight is 271 g/mol. The molecule has 0 aromatic carbocycles. The second-order valence-electron chi connectivity index (χ2n) is 2.62. The van der Waals surface area contributed by atoms with Gasteiger partial charge < -0.3 is 0 Å². The summed E-state index contributed by atoms with van der Waals surface area (Å²) in [4.78, 5) is 0. The summed E-state index contributed by atoms with van der Waals surface area (Å²) in [7, 11) is 0. The summed E-state index contributed by atoms with van der Waals surface area (Å²) < 4.78 is 0.416. The topological polar surface area (TPSA) is 0 Å². The van der Waals surface area contributed by atoms with Crippen LogP contribution in [0.1, 0.15) is 27.7 Å². The average Bonchev–Trinajstić information content (AvgIpc) is 2.16. The quantitative estimate of drug-likeness (QED) is 0.559. The van der Waals surface area contributed by atoms with Crippen molar-refractivity contribution in [1.82, 2.24) is 0 Å². The van der Waals surface area contributed by atoms with E-state index < -0.39 is 0 Å². The Morgan fingerprint density at radius 3 is 1.43 bits per heavy atom. The van der Waals surface area contributed by atoms with Crippen LogP contribution in [0.5, 0.6) is 0 Å². The summed E-state index contributed by atoms with van der Waals surface area (Å²) in [6.45, 7) is 9.05. The molecule has 0 aromatic heterocycles. The van der Waals surface area contributed by atoms with Crippen LogP contribution in [-0.2, 0) is 0 Å². The predicted octanol–water partition coefficient (Wildman–Crippen LogP) is 4.65. The van der Waals surface area contributed by atoms with Crippen molar-refractivity contribution in [2.75, 3.05) is 28.8 Å². The molecule has 0 heterocycles. The van der Waals surface area contributed by atoms with Crippen LogP contribution in [0.3, 0.4) is 0 Å². The van der Waals surface area contributed by atoms with Gasteiger partial charge in [-0.15, -0.1) is 35.3 Å². The van der Waals surface area contributed by atoms with Crippen molar-refractivity contribution in [2.45, 2.75) is 31.1 Å². The molecule has 0 amide bonds. The Hall–Kier alpha value is 1.40. The summed E-state index contributed by atoms with van der Waals surface area (Å²) in [6, 6.07) is 0. The minimum absolute atomic E-state index is 0.416. The van der Waals surface area contributed by atoms with Crippen LogP contribution in [0.15, 0.2) is 0 Å². The minimum Gasteiger partial charge on any atom is -0.159 e. The molecule has 0 fully saturated rings. The Balaban J connectivity index is 4.21. The minimum atomic E-state index is 0.416. The molecule has 0 nitrogen and oxygen atoms in total. The second-order valence-corrected chi connectivity index (χ2v) is 9.36. The smallest absolute Gasteiger partial charge is 0.116 e. The molecule has 0 bridgehead atoms. The van der Waals surface area contributed by atoms with Crippen LogP contribution in [0, 0.1) is 0 Å². The van der Waals surface area contributed by atoms with E-state index in [-0.39, 0.29) is 0 Å². The molecule has 0 atom stereocenters. The van der Waals surface area contributed by atoms with Gasteiger partial charge in [-0.05, 0) is 23.0 Å². The lowest BCUT2D eigenvalue weighted by atomic mass is 10.9. The lowest BCUT2D eigenvalue weighted by Crippen LogP contribution is -2.20. The lowest BCUT2D eigenvalue weighted by Gasteiger charge is -2.30. The van der Waals surface area contributed by atoms with Crippen LogP contribution in [0.25, 0.3) is 0 Å². The van der Waals surface area contributed by atoms with E-state index in [1.807, 2.05) is 0 Å². The van der Waals surface area contributed by atoms with Crippen molar-refractivity contribution >= 4 is 47.0 Å². The van der Waals surface area contributed by atoms with Gasteiger partial charge in [0, 0.05) is 5.75 Å². The lowest BCUT2D eigenvalue weighted by molar-refractivity contribution is 1.29. The fourth-order valence-corrected chi connectivity index (χ4v) is 7.78. The normalized spacial score (nSPS) is 12.0. The Labute approximate surface area is 107 Å². The van der Waals surface area contributed by atoms with E-state index in [9.17, 15) is 0 Å². The maximum Gasteiger partial charge on any atom is 0.116 e. The van der Waals surface area contributed by atoms with Gasteiger partial charge >= 0.3 is 0 Å². The summed E-state index contributed by atoms with van der Waals surface area (Å²) >= 11 is 8.43. The fourth-order valence-electron chi connectivity index (χ4n) is 1.14. The third-order valence-electron chi connectivity index (χ3n) is 1.58. The van der Waals surface area contributed by atoms with Crippen molar-refractivity contribution in [3.05, 3.63) is 0 Å². The Bertz CT molecular complexity index is 110. The highest BCUT2D eigenvalue weighted by atomic mass is 32.3. The Morgan fingerprint density at radius 1 is 0.714 bits per heavy atom. The van der Waals surface area contributed by atoms with Gasteiger partial charge in [0.15, 0.2) is 0 Å². The van der Waals surface area contributed by atoms with Gasteiger partial charge in [-0.1, -0.05) is 27.7 Å².